The lowest BCUT2D eigenvalue weighted by Crippen LogP contribution is -2.46. The minimum atomic E-state index is -3.14. The zero-order valence-corrected chi connectivity index (χ0v) is 21.5. The van der Waals surface area contributed by atoms with Crippen molar-refractivity contribution in [2.24, 2.45) is 0 Å². The molecule has 2 saturated heterocycles. The molecule has 1 aromatic heterocycles. The van der Waals surface area contributed by atoms with E-state index in [0.717, 1.165) is 18.0 Å². The highest BCUT2D eigenvalue weighted by Gasteiger charge is 2.50. The van der Waals surface area contributed by atoms with Gasteiger partial charge in [-0.15, -0.1) is 0 Å². The molecule has 0 bridgehead atoms. The second kappa shape index (κ2) is 11.7. The van der Waals surface area contributed by atoms with E-state index in [1.165, 1.54) is 17.2 Å². The zero-order valence-electron chi connectivity index (χ0n) is 21.5. The van der Waals surface area contributed by atoms with Crippen LogP contribution in [0.1, 0.15) is 29.6 Å². The fourth-order valence-electron chi connectivity index (χ4n) is 4.66. The normalized spacial score (nSPS) is 18.5. The van der Waals surface area contributed by atoms with Crippen LogP contribution in [-0.2, 0) is 14.4 Å². The number of alkyl halides is 2. The molecule has 0 aliphatic carbocycles. The number of hydrogen-bond donors (Lipinski definition) is 2. The summed E-state index contributed by atoms with van der Waals surface area (Å²) in [5.41, 5.74) is 1.14. The molecule has 0 saturated carbocycles. The van der Waals surface area contributed by atoms with Crippen molar-refractivity contribution in [3.8, 4) is 0 Å². The summed E-state index contributed by atoms with van der Waals surface area (Å²) in [7, 11) is 1.58. The third-order valence-electron chi connectivity index (χ3n) is 6.87. The largest absolute Gasteiger partial charge is 0.343 e. The van der Waals surface area contributed by atoms with E-state index in [-0.39, 0.29) is 30.2 Å². The Balaban J connectivity index is 1.42. The van der Waals surface area contributed by atoms with Crippen LogP contribution in [0.4, 0.5) is 14.5 Å². The quantitative estimate of drug-likeness (QED) is 0.510. The van der Waals surface area contributed by atoms with Crippen molar-refractivity contribution in [1.29, 1.82) is 0 Å². The molecule has 2 fully saturated rings. The van der Waals surface area contributed by atoms with Gasteiger partial charge in [-0.2, -0.15) is 0 Å². The second-order valence-electron chi connectivity index (χ2n) is 9.52. The lowest BCUT2D eigenvalue weighted by molar-refractivity contribution is -0.133. The molecule has 1 aromatic carbocycles. The van der Waals surface area contributed by atoms with E-state index in [1.54, 1.807) is 30.1 Å². The summed E-state index contributed by atoms with van der Waals surface area (Å²) in [6.45, 7) is 8.34. The first-order chi connectivity index (χ1) is 18.6. The maximum atomic E-state index is 13.7. The molecule has 39 heavy (non-hydrogen) atoms. The maximum Gasteiger partial charge on any atom is 0.306 e. The van der Waals surface area contributed by atoms with Crippen molar-refractivity contribution in [3.05, 3.63) is 47.4 Å². The fraction of sp³-hybridized carbons (Fsp3) is 0.462. The zero-order chi connectivity index (χ0) is 28.2. The molecule has 206 valence electrons. The molecule has 1 atom stereocenters. The van der Waals surface area contributed by atoms with Gasteiger partial charge in [0.2, 0.25) is 17.7 Å². The van der Waals surface area contributed by atoms with E-state index >= 15 is 0 Å². The van der Waals surface area contributed by atoms with Gasteiger partial charge >= 0.3 is 6.17 Å². The summed E-state index contributed by atoms with van der Waals surface area (Å²) < 4.78 is 27.4. The van der Waals surface area contributed by atoms with Crippen molar-refractivity contribution in [1.82, 2.24) is 25.4 Å². The number of nitrogens with one attached hydrogen (secondary N) is 2. The summed E-state index contributed by atoms with van der Waals surface area (Å²) >= 11 is 0. The van der Waals surface area contributed by atoms with Crippen LogP contribution in [0.15, 0.2) is 30.5 Å². The van der Waals surface area contributed by atoms with E-state index in [0.29, 0.717) is 29.7 Å². The summed E-state index contributed by atoms with van der Waals surface area (Å²) in [6.07, 6.45) is -0.456. The van der Waals surface area contributed by atoms with Gasteiger partial charge in [0.25, 0.3) is 11.8 Å². The van der Waals surface area contributed by atoms with Crippen molar-refractivity contribution in [3.63, 3.8) is 0 Å². The first kappa shape index (κ1) is 27.8. The maximum absolute atomic E-state index is 13.7. The number of amides is 4. The molecule has 11 nitrogen and oxygen atoms in total. The number of likely N-dealkylation sites (tertiary alicyclic amines) is 1. The van der Waals surface area contributed by atoms with Gasteiger partial charge in [-0.1, -0.05) is 0 Å². The van der Waals surface area contributed by atoms with Gasteiger partial charge in [-0.05, 0) is 24.3 Å². The minimum Gasteiger partial charge on any atom is -0.343 e. The lowest BCUT2D eigenvalue weighted by atomic mass is 10.1. The number of pyridine rings is 1. The van der Waals surface area contributed by atoms with E-state index in [1.807, 2.05) is 0 Å². The van der Waals surface area contributed by atoms with Crippen molar-refractivity contribution < 1.29 is 28.0 Å². The number of rotatable bonds is 7. The molecule has 4 rings (SSSR count). The van der Waals surface area contributed by atoms with E-state index in [4.69, 9.17) is 6.57 Å². The number of halogens is 2. The van der Waals surface area contributed by atoms with Gasteiger partial charge in [0.05, 0.1) is 24.2 Å². The Bertz CT molecular complexity index is 1320. The highest BCUT2D eigenvalue weighted by molar-refractivity contribution is 6.08. The number of benzene rings is 1. The highest BCUT2D eigenvalue weighted by Crippen LogP contribution is 2.32. The topological polar surface area (TPSA) is 119 Å². The summed E-state index contributed by atoms with van der Waals surface area (Å²) in [5, 5.41) is 6.04. The molecular formula is C26H29F2N7O4. The fourth-order valence-corrected chi connectivity index (χ4v) is 4.66. The summed E-state index contributed by atoms with van der Waals surface area (Å²) in [6, 6.07) is 6.39. The Kier molecular flexibility index (Phi) is 8.35. The summed E-state index contributed by atoms with van der Waals surface area (Å²) in [5.74, 6) is -4.89. The monoisotopic (exact) mass is 541 g/mol. The Morgan fingerprint density at radius 3 is 2.64 bits per heavy atom. The molecule has 0 unspecified atom stereocenters. The van der Waals surface area contributed by atoms with Crippen molar-refractivity contribution in [2.45, 2.75) is 31.4 Å². The van der Waals surface area contributed by atoms with Gasteiger partial charge < -0.3 is 20.4 Å². The van der Waals surface area contributed by atoms with E-state index in [9.17, 15) is 28.0 Å². The molecule has 13 heteroatoms. The number of hydrogen-bond acceptors (Lipinski definition) is 6. The van der Waals surface area contributed by atoms with E-state index in [2.05, 4.69) is 20.5 Å². The number of aromatic nitrogens is 1. The van der Waals surface area contributed by atoms with Crippen LogP contribution in [0.3, 0.4) is 0 Å². The Hall–Kier alpha value is -4.18. The molecule has 2 aromatic rings. The average molecular weight is 542 g/mol. The number of carbonyl (C=O) groups is 4. The van der Waals surface area contributed by atoms with Gasteiger partial charge in [0.1, 0.15) is 6.42 Å². The van der Waals surface area contributed by atoms with E-state index < -0.39 is 43.4 Å². The molecular weight excluding hydrogens is 512 g/mol. The van der Waals surface area contributed by atoms with Crippen LogP contribution in [-0.4, -0.2) is 96.8 Å². The van der Waals surface area contributed by atoms with Crippen LogP contribution in [0, 0.1) is 6.57 Å². The molecule has 0 radical (unpaired) electrons. The predicted octanol–water partition coefficient (Wildman–Crippen LogP) is 1.25. The molecule has 2 N–H and O–H groups in total. The second-order valence-corrected chi connectivity index (χ2v) is 9.52. The molecule has 2 aliphatic heterocycles. The Labute approximate surface area is 223 Å². The van der Waals surface area contributed by atoms with Gasteiger partial charge in [0, 0.05) is 63.3 Å². The first-order valence-corrected chi connectivity index (χ1v) is 12.6. The van der Waals surface area contributed by atoms with Crippen LogP contribution >= 0.6 is 0 Å². The van der Waals surface area contributed by atoms with Crippen LogP contribution in [0.25, 0.3) is 15.7 Å². The van der Waals surface area contributed by atoms with Gasteiger partial charge in [0.15, 0.2) is 0 Å². The number of nitrogens with zero attached hydrogens (tertiary/aromatic N) is 5. The Morgan fingerprint density at radius 2 is 1.92 bits per heavy atom. The van der Waals surface area contributed by atoms with Gasteiger partial charge in [-0.25, -0.2) is 15.4 Å². The molecule has 0 spiro atoms. The number of carbonyl (C=O) groups excluding carboxylic acids is 4. The Morgan fingerprint density at radius 1 is 1.18 bits per heavy atom. The van der Waals surface area contributed by atoms with Crippen molar-refractivity contribution >= 4 is 40.2 Å². The molecule has 3 heterocycles. The number of fused-ring (bicyclic) bond motifs is 1. The minimum absolute atomic E-state index is 0.0287. The average Bonchev–Trinajstić information content (AvgIpc) is 3.28. The predicted molar refractivity (Wildman–Crippen MR) is 138 cm³/mol. The van der Waals surface area contributed by atoms with Crippen molar-refractivity contribution in [2.75, 3.05) is 51.2 Å². The van der Waals surface area contributed by atoms with Crippen LogP contribution in [0.2, 0.25) is 0 Å². The standard InChI is InChI=1S/C26H29F2N7O4/c1-29-21-14-26(27,28)16-35(21)24(38)15-32-25(39)18-7-8-31-20-4-3-17(13-19(18)20)33(2)22(36)5-6-23(37)34-11-9-30-10-12-34/h3-4,7-8,13,21,30H,5-6,9-12,14-16H2,2H3,(H,32,39)/t21-/m0/s1. The first-order valence-electron chi connectivity index (χ1n) is 12.6. The SMILES string of the molecule is [C-]#[N+][C@@H]1CC(F)(F)CN1C(=O)CNC(=O)c1ccnc2ccc(N(C)C(=O)CCC(=O)N3CCNCC3)cc12. The van der Waals surface area contributed by atoms with Crippen LogP contribution in [0.5, 0.6) is 0 Å². The molecule has 4 amide bonds. The number of piperazine rings is 1. The smallest absolute Gasteiger partial charge is 0.306 e. The number of anilines is 1. The van der Waals surface area contributed by atoms with Gasteiger partial charge in [-0.3, -0.25) is 33.9 Å². The third-order valence-corrected chi connectivity index (χ3v) is 6.87. The molecule has 2 aliphatic rings. The summed E-state index contributed by atoms with van der Waals surface area (Å²) in [4.78, 5) is 61.9. The lowest BCUT2D eigenvalue weighted by Gasteiger charge is -2.27. The van der Waals surface area contributed by atoms with Crippen LogP contribution < -0.4 is 15.5 Å². The highest BCUT2D eigenvalue weighted by atomic mass is 19.3. The third kappa shape index (κ3) is 6.46.